The molecule has 110 valence electrons. The molecule has 0 fully saturated rings. The van der Waals surface area contributed by atoms with Gasteiger partial charge >= 0.3 is 5.97 Å². The van der Waals surface area contributed by atoms with E-state index in [9.17, 15) is 18.0 Å². The molecule has 0 aromatic heterocycles. The molecule has 0 aliphatic heterocycles. The van der Waals surface area contributed by atoms with Gasteiger partial charge in [-0.2, -0.15) is 4.31 Å². The molecule has 20 heavy (non-hydrogen) atoms. The molecule has 0 aliphatic carbocycles. The largest absolute Gasteiger partial charge is 0.478 e. The molecule has 8 heteroatoms. The van der Waals surface area contributed by atoms with Gasteiger partial charge in [-0.3, -0.25) is 4.79 Å². The number of rotatable bonds is 5. The molecule has 0 saturated heterocycles. The highest BCUT2D eigenvalue weighted by Crippen LogP contribution is 2.23. The van der Waals surface area contributed by atoms with Crippen LogP contribution in [0.25, 0.3) is 0 Å². The Morgan fingerprint density at radius 1 is 1.30 bits per heavy atom. The number of nitrogens with zero attached hydrogens (tertiary/aromatic N) is 1. The molecule has 0 unspecified atom stereocenters. The lowest BCUT2D eigenvalue weighted by molar-refractivity contribution is -0.118. The van der Waals surface area contributed by atoms with Crippen LogP contribution in [-0.2, 0) is 14.8 Å². The molecule has 3 N–H and O–H groups in total. The van der Waals surface area contributed by atoms with Crippen LogP contribution in [0.1, 0.15) is 21.5 Å². The Balaban J connectivity index is 3.45. The van der Waals surface area contributed by atoms with Gasteiger partial charge in [0.2, 0.25) is 15.9 Å². The Kier molecular flexibility index (Phi) is 4.51. The number of benzene rings is 1. The average molecular weight is 300 g/mol. The molecule has 0 saturated carbocycles. The maximum absolute atomic E-state index is 12.3. The number of hydrogen-bond donors (Lipinski definition) is 2. The van der Waals surface area contributed by atoms with Gasteiger partial charge in [0.25, 0.3) is 0 Å². The summed E-state index contributed by atoms with van der Waals surface area (Å²) in [6.07, 6.45) is 0. The summed E-state index contributed by atoms with van der Waals surface area (Å²) in [5.41, 5.74) is 5.82. The van der Waals surface area contributed by atoms with Crippen molar-refractivity contribution in [2.45, 2.75) is 18.7 Å². The van der Waals surface area contributed by atoms with Crippen molar-refractivity contribution < 1.29 is 23.1 Å². The Morgan fingerprint density at radius 3 is 2.30 bits per heavy atom. The molecule has 0 heterocycles. The Labute approximate surface area is 117 Å². The number of primary amides is 1. The van der Waals surface area contributed by atoms with Crippen molar-refractivity contribution in [3.05, 3.63) is 28.8 Å². The van der Waals surface area contributed by atoms with Crippen molar-refractivity contribution >= 4 is 21.9 Å². The second kappa shape index (κ2) is 5.59. The Bertz CT molecular complexity index is 667. The maximum Gasteiger partial charge on any atom is 0.335 e. The van der Waals surface area contributed by atoms with Crippen LogP contribution in [0.2, 0.25) is 0 Å². The number of amides is 1. The molecule has 7 nitrogen and oxygen atoms in total. The topological polar surface area (TPSA) is 118 Å². The van der Waals surface area contributed by atoms with Crippen molar-refractivity contribution in [3.63, 3.8) is 0 Å². The van der Waals surface area contributed by atoms with E-state index in [0.717, 1.165) is 10.4 Å². The molecule has 0 spiro atoms. The molecule has 1 rings (SSSR count). The van der Waals surface area contributed by atoms with Gasteiger partial charge in [-0.15, -0.1) is 0 Å². The number of likely N-dealkylation sites (N-methyl/N-ethyl adjacent to an activating group) is 1. The average Bonchev–Trinajstić information content (AvgIpc) is 2.30. The molecular weight excluding hydrogens is 284 g/mol. The number of carbonyl (C=O) groups excluding carboxylic acids is 1. The highest BCUT2D eigenvalue weighted by molar-refractivity contribution is 7.89. The first-order chi connectivity index (χ1) is 9.07. The summed E-state index contributed by atoms with van der Waals surface area (Å²) in [5, 5.41) is 8.99. The van der Waals surface area contributed by atoms with E-state index in [2.05, 4.69) is 0 Å². The number of sulfonamides is 1. The van der Waals surface area contributed by atoms with E-state index in [1.54, 1.807) is 13.8 Å². The number of aromatic carboxylic acids is 1. The molecule has 1 aromatic carbocycles. The summed E-state index contributed by atoms with van der Waals surface area (Å²) in [6.45, 7) is 2.72. The van der Waals surface area contributed by atoms with E-state index in [0.29, 0.717) is 11.1 Å². The van der Waals surface area contributed by atoms with E-state index in [1.807, 2.05) is 0 Å². The first kappa shape index (κ1) is 16.1. The molecule has 1 amide bonds. The van der Waals surface area contributed by atoms with Gasteiger partial charge in [0, 0.05) is 7.05 Å². The highest BCUT2D eigenvalue weighted by atomic mass is 32.2. The maximum atomic E-state index is 12.3. The zero-order chi connectivity index (χ0) is 15.7. The number of carboxylic acids is 1. The van der Waals surface area contributed by atoms with Crippen molar-refractivity contribution in [2.75, 3.05) is 13.6 Å². The van der Waals surface area contributed by atoms with Gasteiger partial charge in [-0.25, -0.2) is 13.2 Å². The normalized spacial score (nSPS) is 11.6. The molecule has 0 radical (unpaired) electrons. The van der Waals surface area contributed by atoms with Crippen LogP contribution in [0, 0.1) is 13.8 Å². The molecular formula is C12H16N2O5S. The smallest absolute Gasteiger partial charge is 0.335 e. The zero-order valence-corrected chi connectivity index (χ0v) is 12.2. The molecule has 0 aliphatic rings. The van der Waals surface area contributed by atoms with Gasteiger partial charge in [-0.1, -0.05) is 0 Å². The third kappa shape index (κ3) is 3.14. The van der Waals surface area contributed by atoms with E-state index in [4.69, 9.17) is 10.8 Å². The zero-order valence-electron chi connectivity index (χ0n) is 11.4. The fraction of sp³-hybridized carbons (Fsp3) is 0.333. The Morgan fingerprint density at radius 2 is 1.85 bits per heavy atom. The van der Waals surface area contributed by atoms with Crippen molar-refractivity contribution in [2.24, 2.45) is 5.73 Å². The predicted octanol–water partition coefficient (Wildman–Crippen LogP) is 0.107. The van der Waals surface area contributed by atoms with Gasteiger partial charge < -0.3 is 10.8 Å². The van der Waals surface area contributed by atoms with Crippen LogP contribution in [0.5, 0.6) is 0 Å². The standard InChI is InChI=1S/C12H16N2O5S/c1-7-4-9(12(16)17)5-10(8(7)2)20(18,19)14(3)6-11(13)15/h4-5H,6H2,1-3H3,(H2,13,15)(H,16,17). The predicted molar refractivity (Wildman–Crippen MR) is 71.9 cm³/mol. The van der Waals surface area contributed by atoms with E-state index in [1.165, 1.54) is 13.1 Å². The van der Waals surface area contributed by atoms with Crippen LogP contribution < -0.4 is 5.73 Å². The van der Waals surface area contributed by atoms with E-state index >= 15 is 0 Å². The van der Waals surface area contributed by atoms with Crippen LogP contribution in [0.4, 0.5) is 0 Å². The van der Waals surface area contributed by atoms with Crippen LogP contribution in [0.15, 0.2) is 17.0 Å². The second-order valence-electron chi connectivity index (χ2n) is 4.45. The van der Waals surface area contributed by atoms with Crippen molar-refractivity contribution in [3.8, 4) is 0 Å². The van der Waals surface area contributed by atoms with Crippen LogP contribution in [0.3, 0.4) is 0 Å². The van der Waals surface area contributed by atoms with Gasteiger partial charge in [-0.05, 0) is 37.1 Å². The quantitative estimate of drug-likeness (QED) is 0.800. The van der Waals surface area contributed by atoms with E-state index in [-0.39, 0.29) is 10.5 Å². The minimum Gasteiger partial charge on any atom is -0.478 e. The summed E-state index contributed by atoms with van der Waals surface area (Å²) < 4.78 is 25.5. The number of carboxylic acid groups (broad SMARTS) is 1. The summed E-state index contributed by atoms with van der Waals surface area (Å²) in [5.74, 6) is -2.01. The third-order valence-electron chi connectivity index (χ3n) is 2.93. The fourth-order valence-corrected chi connectivity index (χ4v) is 3.15. The van der Waals surface area contributed by atoms with Crippen molar-refractivity contribution in [1.82, 2.24) is 4.31 Å². The molecule has 0 atom stereocenters. The SMILES string of the molecule is Cc1cc(C(=O)O)cc(S(=O)(=O)N(C)CC(N)=O)c1C. The van der Waals surface area contributed by atoms with Crippen LogP contribution in [-0.4, -0.2) is 43.3 Å². The number of nitrogens with two attached hydrogens (primary N) is 1. The minimum absolute atomic E-state index is 0.126. The first-order valence-corrected chi connectivity index (χ1v) is 7.10. The second-order valence-corrected chi connectivity index (χ2v) is 6.46. The fourth-order valence-electron chi connectivity index (χ4n) is 1.69. The first-order valence-electron chi connectivity index (χ1n) is 5.66. The summed E-state index contributed by atoms with van der Waals surface area (Å²) in [4.78, 5) is 21.7. The number of carbonyl (C=O) groups is 2. The third-order valence-corrected chi connectivity index (χ3v) is 4.86. The Hall–Kier alpha value is -1.93. The minimum atomic E-state index is -3.97. The number of hydrogen-bond acceptors (Lipinski definition) is 4. The van der Waals surface area contributed by atoms with Gasteiger partial charge in [0.15, 0.2) is 0 Å². The molecule has 0 bridgehead atoms. The summed E-state index contributed by atoms with van der Waals surface area (Å²) in [6, 6.07) is 2.47. The van der Waals surface area contributed by atoms with E-state index < -0.39 is 28.4 Å². The monoisotopic (exact) mass is 300 g/mol. The summed E-state index contributed by atoms with van der Waals surface area (Å²) >= 11 is 0. The summed E-state index contributed by atoms with van der Waals surface area (Å²) in [7, 11) is -2.76. The van der Waals surface area contributed by atoms with Gasteiger partial charge in [0.05, 0.1) is 17.0 Å². The lowest BCUT2D eigenvalue weighted by atomic mass is 10.1. The van der Waals surface area contributed by atoms with Crippen molar-refractivity contribution in [1.29, 1.82) is 0 Å². The highest BCUT2D eigenvalue weighted by Gasteiger charge is 2.26. The number of aryl methyl sites for hydroxylation is 1. The van der Waals surface area contributed by atoms with Crippen LogP contribution >= 0.6 is 0 Å². The lowest BCUT2D eigenvalue weighted by Crippen LogP contribution is -2.35. The lowest BCUT2D eigenvalue weighted by Gasteiger charge is -2.18. The van der Waals surface area contributed by atoms with Gasteiger partial charge in [0.1, 0.15) is 0 Å². The molecule has 1 aromatic rings.